The standard InChI is InChI=1S/C19H18N6O/c26-19(17-20-9-4-10-21-17)25-14-7-8-15(25)12-24-16(11-14)22-23-18(24)13-5-2-1-3-6-13/h1-6,9-10,14-15H,7-8,11-12H2. The van der Waals surface area contributed by atoms with Crippen LogP contribution in [0.1, 0.15) is 29.3 Å². The van der Waals surface area contributed by atoms with Gasteiger partial charge in [0.25, 0.3) is 5.91 Å². The van der Waals surface area contributed by atoms with E-state index in [0.29, 0.717) is 6.54 Å². The summed E-state index contributed by atoms with van der Waals surface area (Å²) in [4.78, 5) is 23.3. The molecule has 0 N–H and O–H groups in total. The van der Waals surface area contributed by atoms with Crippen LogP contribution >= 0.6 is 0 Å². The fraction of sp³-hybridized carbons (Fsp3) is 0.316. The van der Waals surface area contributed by atoms with E-state index >= 15 is 0 Å². The molecule has 3 aromatic rings. The third-order valence-electron chi connectivity index (χ3n) is 5.28. The minimum absolute atomic E-state index is 0.0851. The highest BCUT2D eigenvalue weighted by Crippen LogP contribution is 2.33. The Morgan fingerprint density at radius 1 is 0.962 bits per heavy atom. The highest BCUT2D eigenvalue weighted by molar-refractivity contribution is 5.91. The second kappa shape index (κ2) is 6.01. The molecule has 26 heavy (non-hydrogen) atoms. The van der Waals surface area contributed by atoms with E-state index in [1.165, 1.54) is 0 Å². The van der Waals surface area contributed by atoms with Crippen molar-refractivity contribution >= 4 is 5.91 Å². The van der Waals surface area contributed by atoms with Crippen molar-refractivity contribution in [3.8, 4) is 11.4 Å². The highest BCUT2D eigenvalue weighted by Gasteiger charge is 2.42. The molecule has 1 saturated heterocycles. The topological polar surface area (TPSA) is 76.8 Å². The zero-order valence-corrected chi connectivity index (χ0v) is 14.2. The van der Waals surface area contributed by atoms with Crippen LogP contribution in [0.25, 0.3) is 11.4 Å². The lowest BCUT2D eigenvalue weighted by Gasteiger charge is -2.27. The molecule has 1 amide bonds. The zero-order valence-electron chi connectivity index (χ0n) is 14.2. The maximum atomic E-state index is 13.0. The molecular weight excluding hydrogens is 328 g/mol. The summed E-state index contributed by atoms with van der Waals surface area (Å²) < 4.78 is 2.17. The van der Waals surface area contributed by atoms with Gasteiger partial charge in [-0.2, -0.15) is 0 Å². The molecule has 130 valence electrons. The van der Waals surface area contributed by atoms with Gasteiger partial charge in [-0.1, -0.05) is 30.3 Å². The number of fused-ring (bicyclic) bond motifs is 3. The normalized spacial score (nSPS) is 21.3. The second-order valence-corrected chi connectivity index (χ2v) is 6.79. The lowest BCUT2D eigenvalue weighted by molar-refractivity contribution is 0.0653. The van der Waals surface area contributed by atoms with Crippen LogP contribution in [-0.4, -0.2) is 47.6 Å². The quantitative estimate of drug-likeness (QED) is 0.709. The molecule has 1 aromatic carbocycles. The summed E-state index contributed by atoms with van der Waals surface area (Å²) in [6, 6.07) is 12.1. The number of aromatic nitrogens is 5. The van der Waals surface area contributed by atoms with Crippen LogP contribution in [0.5, 0.6) is 0 Å². The summed E-state index contributed by atoms with van der Waals surface area (Å²) in [5.41, 5.74) is 1.05. The summed E-state index contributed by atoms with van der Waals surface area (Å²) in [7, 11) is 0. The molecule has 0 radical (unpaired) electrons. The molecule has 2 aromatic heterocycles. The maximum Gasteiger partial charge on any atom is 0.292 e. The van der Waals surface area contributed by atoms with Crippen molar-refractivity contribution in [2.75, 3.05) is 0 Å². The van der Waals surface area contributed by atoms with E-state index in [1.807, 2.05) is 35.2 Å². The Balaban J connectivity index is 1.50. The zero-order chi connectivity index (χ0) is 17.5. The molecule has 0 spiro atoms. The van der Waals surface area contributed by atoms with Crippen molar-refractivity contribution in [1.29, 1.82) is 0 Å². The maximum absolute atomic E-state index is 13.0. The number of nitrogens with zero attached hydrogens (tertiary/aromatic N) is 6. The Kier molecular flexibility index (Phi) is 3.51. The Hall–Kier alpha value is -3.09. The molecule has 2 bridgehead atoms. The SMILES string of the molecule is O=C(c1ncccn1)N1C2CCC1Cn1c(nnc1-c1ccccc1)C2. The van der Waals surface area contributed by atoms with Crippen LogP contribution in [0, 0.1) is 0 Å². The molecule has 2 atom stereocenters. The first-order valence-electron chi connectivity index (χ1n) is 8.88. The summed E-state index contributed by atoms with van der Waals surface area (Å²) in [5, 5.41) is 8.84. The van der Waals surface area contributed by atoms with Gasteiger partial charge in [-0.3, -0.25) is 4.79 Å². The fourth-order valence-corrected chi connectivity index (χ4v) is 4.10. The molecule has 1 fully saturated rings. The summed E-state index contributed by atoms with van der Waals surface area (Å²) in [5.74, 6) is 2.00. The first-order chi connectivity index (χ1) is 12.8. The Morgan fingerprint density at radius 2 is 1.73 bits per heavy atom. The van der Waals surface area contributed by atoms with Gasteiger partial charge in [0, 0.05) is 37.0 Å². The van der Waals surface area contributed by atoms with Crippen LogP contribution in [0.15, 0.2) is 48.8 Å². The van der Waals surface area contributed by atoms with Gasteiger partial charge < -0.3 is 9.47 Å². The number of amides is 1. The van der Waals surface area contributed by atoms with E-state index in [2.05, 4.69) is 24.7 Å². The van der Waals surface area contributed by atoms with Crippen molar-refractivity contribution < 1.29 is 4.79 Å². The Morgan fingerprint density at radius 3 is 2.54 bits per heavy atom. The number of benzene rings is 1. The first kappa shape index (κ1) is 15.2. The Labute approximate surface area is 150 Å². The minimum atomic E-state index is -0.0851. The van der Waals surface area contributed by atoms with Crippen molar-refractivity contribution in [3.63, 3.8) is 0 Å². The molecule has 0 saturated carbocycles. The highest BCUT2D eigenvalue weighted by atomic mass is 16.2. The van der Waals surface area contributed by atoms with Gasteiger partial charge >= 0.3 is 0 Å². The number of rotatable bonds is 2. The van der Waals surface area contributed by atoms with Gasteiger partial charge in [-0.15, -0.1) is 10.2 Å². The minimum Gasteiger partial charge on any atom is -0.328 e. The molecule has 7 nitrogen and oxygen atoms in total. The number of carbonyl (C=O) groups is 1. The lowest BCUT2D eigenvalue weighted by atomic mass is 10.1. The molecular formula is C19H18N6O. The predicted octanol–water partition coefficient (Wildman–Crippen LogP) is 1.96. The van der Waals surface area contributed by atoms with Gasteiger partial charge in [-0.05, 0) is 18.9 Å². The smallest absolute Gasteiger partial charge is 0.292 e. The predicted molar refractivity (Wildman–Crippen MR) is 94.2 cm³/mol. The van der Waals surface area contributed by atoms with Crippen LogP contribution in [-0.2, 0) is 13.0 Å². The molecule has 2 aliphatic heterocycles. The lowest BCUT2D eigenvalue weighted by Crippen LogP contribution is -2.42. The first-order valence-corrected chi connectivity index (χ1v) is 8.88. The summed E-state index contributed by atoms with van der Waals surface area (Å²) in [6.45, 7) is 0.710. The second-order valence-electron chi connectivity index (χ2n) is 6.79. The average molecular weight is 346 g/mol. The van der Waals surface area contributed by atoms with Gasteiger partial charge in [0.2, 0.25) is 5.82 Å². The van der Waals surface area contributed by atoms with Crippen molar-refractivity contribution in [2.24, 2.45) is 0 Å². The van der Waals surface area contributed by atoms with E-state index in [0.717, 1.165) is 36.5 Å². The van der Waals surface area contributed by atoms with Crippen LogP contribution in [0.3, 0.4) is 0 Å². The van der Waals surface area contributed by atoms with E-state index in [9.17, 15) is 4.79 Å². The van der Waals surface area contributed by atoms with Crippen molar-refractivity contribution in [1.82, 2.24) is 29.6 Å². The van der Waals surface area contributed by atoms with Gasteiger partial charge in [0.1, 0.15) is 5.82 Å². The Bertz CT molecular complexity index is 939. The van der Waals surface area contributed by atoms with Crippen LogP contribution in [0.4, 0.5) is 0 Å². The van der Waals surface area contributed by atoms with Crippen LogP contribution in [0.2, 0.25) is 0 Å². The average Bonchev–Trinajstić information content (AvgIpc) is 3.22. The largest absolute Gasteiger partial charge is 0.328 e. The van der Waals surface area contributed by atoms with E-state index in [-0.39, 0.29) is 23.8 Å². The van der Waals surface area contributed by atoms with E-state index in [4.69, 9.17) is 0 Å². The van der Waals surface area contributed by atoms with E-state index < -0.39 is 0 Å². The van der Waals surface area contributed by atoms with Gasteiger partial charge in [0.05, 0.1) is 6.04 Å². The van der Waals surface area contributed by atoms with Crippen molar-refractivity contribution in [2.45, 2.75) is 37.9 Å². The van der Waals surface area contributed by atoms with Crippen LogP contribution < -0.4 is 0 Å². The van der Waals surface area contributed by atoms with Crippen molar-refractivity contribution in [3.05, 3.63) is 60.4 Å². The number of hydrogen-bond donors (Lipinski definition) is 0. The molecule has 2 aliphatic rings. The van der Waals surface area contributed by atoms with Gasteiger partial charge in [-0.25, -0.2) is 9.97 Å². The molecule has 0 aliphatic carbocycles. The summed E-state index contributed by atoms with van der Waals surface area (Å²) in [6.07, 6.45) is 5.91. The third-order valence-corrected chi connectivity index (χ3v) is 5.28. The van der Waals surface area contributed by atoms with Gasteiger partial charge in [0.15, 0.2) is 5.82 Å². The molecule has 5 rings (SSSR count). The fourth-order valence-electron chi connectivity index (χ4n) is 4.10. The molecule has 7 heteroatoms. The number of carbonyl (C=O) groups excluding carboxylic acids is 1. The monoisotopic (exact) mass is 346 g/mol. The molecule has 2 unspecified atom stereocenters. The third kappa shape index (κ3) is 2.39. The van der Waals surface area contributed by atoms with E-state index in [1.54, 1.807) is 18.5 Å². The number of hydrogen-bond acceptors (Lipinski definition) is 5. The molecule has 4 heterocycles. The summed E-state index contributed by atoms with van der Waals surface area (Å²) >= 11 is 0.